The first-order valence-electron chi connectivity index (χ1n) is 29.0. The van der Waals surface area contributed by atoms with Gasteiger partial charge in [-0.15, -0.1) is 0 Å². The summed E-state index contributed by atoms with van der Waals surface area (Å²) in [7, 11) is 0. The van der Waals surface area contributed by atoms with E-state index in [9.17, 15) is 0 Å². The summed E-state index contributed by atoms with van der Waals surface area (Å²) in [4.78, 5) is 20.5. The van der Waals surface area contributed by atoms with E-state index in [0.29, 0.717) is 0 Å². The minimum atomic E-state index is 0.719. The Bertz CT molecular complexity index is 5710. The van der Waals surface area contributed by atoms with Crippen LogP contribution in [0.15, 0.2) is 300 Å². The van der Waals surface area contributed by atoms with Gasteiger partial charge in [0, 0.05) is 70.7 Å². The van der Waals surface area contributed by atoms with Crippen LogP contribution < -0.4 is 0 Å². The van der Waals surface area contributed by atoms with E-state index in [1.807, 2.05) is 48.5 Å². The molecule has 0 atom stereocenters. The van der Waals surface area contributed by atoms with Crippen molar-refractivity contribution in [2.75, 3.05) is 0 Å². The highest BCUT2D eigenvalue weighted by molar-refractivity contribution is 6.20. The third kappa shape index (κ3) is 8.10. The number of para-hydroxylation sites is 3. The maximum absolute atomic E-state index is 6.39. The van der Waals surface area contributed by atoms with Gasteiger partial charge in [-0.25, -0.2) is 19.9 Å². The predicted molar refractivity (Wildman–Crippen MR) is 356 cm³/mol. The van der Waals surface area contributed by atoms with Crippen molar-refractivity contribution in [3.05, 3.63) is 291 Å². The summed E-state index contributed by atoms with van der Waals surface area (Å²) in [5.74, 6) is 1.44. The smallest absolute Gasteiger partial charge is 0.161 e. The van der Waals surface area contributed by atoms with Crippen molar-refractivity contribution in [3.8, 4) is 67.5 Å². The Morgan fingerprint density at radius 2 is 0.640 bits per heavy atom. The minimum absolute atomic E-state index is 0.719. The van der Waals surface area contributed by atoms with Crippen molar-refractivity contribution < 1.29 is 8.83 Å². The van der Waals surface area contributed by atoms with E-state index in [1.54, 1.807) is 0 Å². The van der Waals surface area contributed by atoms with Gasteiger partial charge in [-0.05, 0) is 91.6 Å². The van der Waals surface area contributed by atoms with Crippen LogP contribution in [0.3, 0.4) is 0 Å². The van der Waals surface area contributed by atoms with Gasteiger partial charge in [0.25, 0.3) is 0 Å². The first kappa shape index (κ1) is 49.0. The maximum Gasteiger partial charge on any atom is 0.161 e. The van der Waals surface area contributed by atoms with E-state index in [1.165, 1.54) is 32.8 Å². The molecule has 0 aliphatic carbocycles. The lowest BCUT2D eigenvalue weighted by Crippen LogP contribution is -1.96. The number of nitrogens with zero attached hydrogens (tertiary/aromatic N) is 4. The largest absolute Gasteiger partial charge is 0.455 e. The molecule has 18 aromatic rings. The highest BCUT2D eigenvalue weighted by Crippen LogP contribution is 2.43. The lowest BCUT2D eigenvalue weighted by atomic mass is 9.91. The van der Waals surface area contributed by atoms with Crippen molar-refractivity contribution in [2.45, 2.75) is 0 Å². The molecule has 400 valence electrons. The summed E-state index contributed by atoms with van der Waals surface area (Å²) < 4.78 is 12.7. The molecule has 0 N–H and O–H groups in total. The number of hydrogen-bond acceptors (Lipinski definition) is 6. The van der Waals surface area contributed by atoms with Gasteiger partial charge in [0.2, 0.25) is 0 Å². The number of aromatic nitrogens is 4. The highest BCUT2D eigenvalue weighted by Gasteiger charge is 2.20. The number of hydrogen-bond donors (Lipinski definition) is 0. The van der Waals surface area contributed by atoms with E-state index in [4.69, 9.17) is 28.8 Å². The van der Waals surface area contributed by atoms with Gasteiger partial charge in [0.1, 0.15) is 22.3 Å². The van der Waals surface area contributed by atoms with E-state index >= 15 is 0 Å². The van der Waals surface area contributed by atoms with Crippen LogP contribution >= 0.6 is 0 Å². The molecule has 0 saturated heterocycles. The second-order valence-electron chi connectivity index (χ2n) is 21.9. The van der Waals surface area contributed by atoms with Gasteiger partial charge >= 0.3 is 0 Å². The standard InChI is InChI=1S/2C40H24N2O/c1-2-11-25(12-3-1)38-35-16-6-8-19-36(35)41-40(42-38)34-24-22-29(26-13-4-5-14-28(26)34)27-17-10-18-32-30(27)21-23-33-31-15-7-9-20-37(31)43-39(32)33;1-2-10-27(11-3-1)37-35-22-21-25-9-4-5-12-30(25)38(35)42-40(41-37)28-19-17-26(18-20-28)29-14-8-15-33-31(29)23-24-34-32-13-6-7-16-36(32)43-39(33)34/h2*1-24H. The number of furan rings is 2. The fourth-order valence-electron chi connectivity index (χ4n) is 12.9. The zero-order valence-corrected chi connectivity index (χ0v) is 46.3. The van der Waals surface area contributed by atoms with Gasteiger partial charge in [0.15, 0.2) is 11.6 Å². The van der Waals surface area contributed by atoms with Crippen LogP contribution in [0.5, 0.6) is 0 Å². The third-order valence-electron chi connectivity index (χ3n) is 17.0. The van der Waals surface area contributed by atoms with Gasteiger partial charge in [0.05, 0.1) is 22.4 Å². The van der Waals surface area contributed by atoms with E-state index < -0.39 is 0 Å². The molecule has 0 spiro atoms. The van der Waals surface area contributed by atoms with Crippen molar-refractivity contribution in [1.82, 2.24) is 19.9 Å². The second kappa shape index (κ2) is 20.1. The number of fused-ring (bicyclic) bond motifs is 15. The summed E-state index contributed by atoms with van der Waals surface area (Å²) >= 11 is 0. The van der Waals surface area contributed by atoms with E-state index in [2.05, 4.69) is 243 Å². The van der Waals surface area contributed by atoms with Gasteiger partial charge in [-0.3, -0.25) is 0 Å². The fourth-order valence-corrected chi connectivity index (χ4v) is 12.9. The van der Waals surface area contributed by atoms with Crippen LogP contribution in [0, 0.1) is 0 Å². The van der Waals surface area contributed by atoms with Crippen LogP contribution in [0.25, 0.3) is 176 Å². The van der Waals surface area contributed by atoms with E-state index in [0.717, 1.165) is 143 Å². The molecule has 6 nitrogen and oxygen atoms in total. The molecular formula is C80H48N4O2. The van der Waals surface area contributed by atoms with Gasteiger partial charge in [-0.1, -0.05) is 249 Å². The SMILES string of the molecule is c1ccc(-c2nc(-c3ccc(-c4cccc5c4ccc4c6ccccc6oc54)c4ccccc34)nc3ccccc23)cc1.c1ccc(-c2nc(-c3ccc(-c4cccc5c4ccc4c6ccccc6oc54)cc3)nc3c2ccc2ccccc23)cc1. The number of benzene rings is 14. The fraction of sp³-hybridized carbons (Fsp3) is 0. The topological polar surface area (TPSA) is 77.8 Å². The average molecular weight is 1100 g/mol. The zero-order valence-electron chi connectivity index (χ0n) is 46.3. The first-order chi connectivity index (χ1) is 42.6. The summed E-state index contributed by atoms with van der Waals surface area (Å²) in [5, 5.41) is 15.8. The first-order valence-corrected chi connectivity index (χ1v) is 29.0. The molecule has 0 unspecified atom stereocenters. The average Bonchev–Trinajstić information content (AvgIpc) is 3.09. The summed E-state index contributed by atoms with van der Waals surface area (Å²) in [6, 6.07) is 102. The van der Waals surface area contributed by atoms with Crippen molar-refractivity contribution in [3.63, 3.8) is 0 Å². The lowest BCUT2D eigenvalue weighted by molar-refractivity contribution is 0.672. The van der Waals surface area contributed by atoms with Gasteiger partial charge < -0.3 is 8.83 Å². The summed E-state index contributed by atoms with van der Waals surface area (Å²) in [5.41, 5.74) is 16.3. The molecule has 0 fully saturated rings. The Balaban J connectivity index is 0.000000134. The Labute approximate surface area is 493 Å². The molecule has 4 aromatic heterocycles. The quantitative estimate of drug-likeness (QED) is 0.154. The van der Waals surface area contributed by atoms with Crippen LogP contribution in [0.2, 0.25) is 0 Å². The number of rotatable bonds is 6. The Hall–Kier alpha value is -11.6. The molecule has 0 aliphatic rings. The minimum Gasteiger partial charge on any atom is -0.455 e. The lowest BCUT2D eigenvalue weighted by Gasteiger charge is -2.15. The van der Waals surface area contributed by atoms with Crippen molar-refractivity contribution in [1.29, 1.82) is 0 Å². The third-order valence-corrected chi connectivity index (χ3v) is 17.0. The van der Waals surface area contributed by atoms with Crippen LogP contribution in [0.4, 0.5) is 0 Å². The summed E-state index contributed by atoms with van der Waals surface area (Å²) in [6.07, 6.45) is 0. The molecule has 0 aliphatic heterocycles. The molecule has 4 heterocycles. The molecule has 0 saturated carbocycles. The normalized spacial score (nSPS) is 11.7. The Morgan fingerprint density at radius 1 is 0.209 bits per heavy atom. The van der Waals surface area contributed by atoms with Crippen molar-refractivity contribution in [2.24, 2.45) is 0 Å². The monoisotopic (exact) mass is 1100 g/mol. The molecule has 0 radical (unpaired) electrons. The van der Waals surface area contributed by atoms with Crippen LogP contribution in [-0.4, -0.2) is 19.9 Å². The Kier molecular flexibility index (Phi) is 11.5. The molecule has 18 rings (SSSR count). The molecule has 0 bridgehead atoms. The zero-order chi connectivity index (χ0) is 56.7. The maximum atomic E-state index is 6.39. The van der Waals surface area contributed by atoms with Gasteiger partial charge in [-0.2, -0.15) is 0 Å². The Morgan fingerprint density at radius 3 is 1.30 bits per heavy atom. The molecule has 86 heavy (non-hydrogen) atoms. The molecular weight excluding hydrogens is 1050 g/mol. The van der Waals surface area contributed by atoms with E-state index in [-0.39, 0.29) is 0 Å². The van der Waals surface area contributed by atoms with Crippen LogP contribution in [0.1, 0.15) is 0 Å². The molecule has 0 amide bonds. The second-order valence-corrected chi connectivity index (χ2v) is 21.9. The molecule has 6 heteroatoms. The van der Waals surface area contributed by atoms with Crippen LogP contribution in [-0.2, 0) is 0 Å². The predicted octanol–water partition coefficient (Wildman–Crippen LogP) is 21.7. The molecule has 14 aromatic carbocycles. The summed E-state index contributed by atoms with van der Waals surface area (Å²) in [6.45, 7) is 0. The highest BCUT2D eigenvalue weighted by atomic mass is 16.3. The van der Waals surface area contributed by atoms with Crippen molar-refractivity contribution >= 4 is 109 Å².